The summed E-state index contributed by atoms with van der Waals surface area (Å²) in [6.07, 6.45) is 0. The maximum Gasteiger partial charge on any atom is 0.153 e. The zero-order valence-corrected chi connectivity index (χ0v) is 12.1. The first-order valence-corrected chi connectivity index (χ1v) is 6.81. The monoisotopic (exact) mass is 327 g/mol. The standard InChI is InChI=1S/C15H9Cl2F2NO/c16-8-4-7-5-12(21-15(7)9(17)6-8)14(20)13-10(18)2-1-3-11(13)19/h1-6,14H,20H2. The minimum Gasteiger partial charge on any atom is -0.457 e. The van der Waals surface area contributed by atoms with Crippen molar-refractivity contribution in [3.63, 3.8) is 0 Å². The van der Waals surface area contributed by atoms with Crippen LogP contribution in [0.3, 0.4) is 0 Å². The number of nitrogens with two attached hydrogens (primary N) is 1. The van der Waals surface area contributed by atoms with Gasteiger partial charge in [-0.1, -0.05) is 29.3 Å². The Bertz CT molecular complexity index is 812. The normalized spacial score (nSPS) is 12.8. The minimum atomic E-state index is -1.08. The lowest BCUT2D eigenvalue weighted by Gasteiger charge is -2.11. The highest BCUT2D eigenvalue weighted by atomic mass is 35.5. The molecule has 0 aliphatic heterocycles. The second kappa shape index (κ2) is 5.30. The molecule has 0 saturated heterocycles. The molecule has 1 heterocycles. The van der Waals surface area contributed by atoms with Crippen molar-refractivity contribution in [1.29, 1.82) is 0 Å². The predicted octanol–water partition coefficient (Wildman–Crippen LogP) is 5.07. The molecule has 2 N–H and O–H groups in total. The van der Waals surface area contributed by atoms with Crippen molar-refractivity contribution in [3.05, 3.63) is 69.4 Å². The van der Waals surface area contributed by atoms with Crippen LogP contribution in [0, 0.1) is 11.6 Å². The van der Waals surface area contributed by atoms with Crippen molar-refractivity contribution in [2.45, 2.75) is 6.04 Å². The third-order valence-corrected chi connectivity index (χ3v) is 3.67. The van der Waals surface area contributed by atoms with Crippen molar-refractivity contribution in [2.24, 2.45) is 5.73 Å². The number of halogens is 4. The van der Waals surface area contributed by atoms with Crippen molar-refractivity contribution in [3.8, 4) is 0 Å². The van der Waals surface area contributed by atoms with Gasteiger partial charge >= 0.3 is 0 Å². The van der Waals surface area contributed by atoms with Crippen molar-refractivity contribution < 1.29 is 13.2 Å². The summed E-state index contributed by atoms with van der Waals surface area (Å²) in [6.45, 7) is 0. The highest BCUT2D eigenvalue weighted by molar-refractivity contribution is 6.38. The number of fused-ring (bicyclic) bond motifs is 1. The van der Waals surface area contributed by atoms with Gasteiger partial charge in [0.25, 0.3) is 0 Å². The zero-order chi connectivity index (χ0) is 15.1. The second-order valence-electron chi connectivity index (χ2n) is 4.57. The Morgan fingerprint density at radius 3 is 2.38 bits per heavy atom. The average molecular weight is 328 g/mol. The van der Waals surface area contributed by atoms with E-state index in [-0.39, 0.29) is 11.3 Å². The van der Waals surface area contributed by atoms with Gasteiger partial charge in [0.15, 0.2) is 5.58 Å². The summed E-state index contributed by atoms with van der Waals surface area (Å²) in [7, 11) is 0. The Morgan fingerprint density at radius 2 is 1.71 bits per heavy atom. The van der Waals surface area contributed by atoms with Gasteiger partial charge in [-0.15, -0.1) is 0 Å². The molecule has 3 aromatic rings. The quantitative estimate of drug-likeness (QED) is 0.714. The van der Waals surface area contributed by atoms with Crippen LogP contribution in [0.5, 0.6) is 0 Å². The summed E-state index contributed by atoms with van der Waals surface area (Å²) in [5.74, 6) is -1.25. The van der Waals surface area contributed by atoms with Gasteiger partial charge < -0.3 is 10.2 Å². The van der Waals surface area contributed by atoms with Gasteiger partial charge in [-0.05, 0) is 30.3 Å². The fourth-order valence-electron chi connectivity index (χ4n) is 2.20. The van der Waals surface area contributed by atoms with Gasteiger partial charge in [0.1, 0.15) is 17.4 Å². The fourth-order valence-corrected chi connectivity index (χ4v) is 2.75. The summed E-state index contributed by atoms with van der Waals surface area (Å²) in [6, 6.07) is 7.22. The molecule has 6 heteroatoms. The molecule has 0 radical (unpaired) electrons. The molecule has 0 aliphatic carbocycles. The summed E-state index contributed by atoms with van der Waals surface area (Å²) in [5.41, 5.74) is 6.05. The lowest BCUT2D eigenvalue weighted by atomic mass is 10.0. The number of rotatable bonds is 2. The third-order valence-electron chi connectivity index (χ3n) is 3.17. The molecule has 108 valence electrons. The lowest BCUT2D eigenvalue weighted by Crippen LogP contribution is -2.14. The number of hydrogen-bond donors (Lipinski definition) is 1. The molecule has 0 bridgehead atoms. The van der Waals surface area contributed by atoms with E-state index in [2.05, 4.69) is 0 Å². The summed E-state index contributed by atoms with van der Waals surface area (Å²) in [5, 5.41) is 1.37. The first-order chi connectivity index (χ1) is 9.97. The average Bonchev–Trinajstić information content (AvgIpc) is 2.82. The van der Waals surface area contributed by atoms with Crippen LogP contribution in [-0.4, -0.2) is 0 Å². The summed E-state index contributed by atoms with van der Waals surface area (Å²) in [4.78, 5) is 0. The second-order valence-corrected chi connectivity index (χ2v) is 5.41. The smallest absolute Gasteiger partial charge is 0.153 e. The highest BCUT2D eigenvalue weighted by Gasteiger charge is 2.22. The maximum absolute atomic E-state index is 13.8. The van der Waals surface area contributed by atoms with Crippen LogP contribution < -0.4 is 5.73 Å². The van der Waals surface area contributed by atoms with Crippen LogP contribution >= 0.6 is 23.2 Å². The van der Waals surface area contributed by atoms with Gasteiger partial charge in [-0.3, -0.25) is 0 Å². The third kappa shape index (κ3) is 2.50. The van der Waals surface area contributed by atoms with E-state index in [0.717, 1.165) is 12.1 Å². The van der Waals surface area contributed by atoms with Crippen LogP contribution in [0.1, 0.15) is 17.4 Å². The van der Waals surface area contributed by atoms with E-state index in [4.69, 9.17) is 33.4 Å². The fraction of sp³-hybridized carbons (Fsp3) is 0.0667. The van der Waals surface area contributed by atoms with Gasteiger partial charge in [0.05, 0.1) is 11.1 Å². The maximum atomic E-state index is 13.8. The van der Waals surface area contributed by atoms with Crippen LogP contribution in [0.25, 0.3) is 11.0 Å². The molecule has 21 heavy (non-hydrogen) atoms. The van der Waals surface area contributed by atoms with Gasteiger partial charge in [0.2, 0.25) is 0 Å². The zero-order valence-electron chi connectivity index (χ0n) is 10.5. The van der Waals surface area contributed by atoms with E-state index in [0.29, 0.717) is 21.0 Å². The minimum absolute atomic E-state index is 0.207. The van der Waals surface area contributed by atoms with E-state index in [9.17, 15) is 8.78 Å². The molecule has 1 aromatic heterocycles. The largest absolute Gasteiger partial charge is 0.457 e. The molecular weight excluding hydrogens is 319 g/mol. The first-order valence-electron chi connectivity index (χ1n) is 6.05. The van der Waals surface area contributed by atoms with E-state index >= 15 is 0 Å². The molecule has 0 aliphatic rings. The van der Waals surface area contributed by atoms with Crippen molar-refractivity contribution in [2.75, 3.05) is 0 Å². The van der Waals surface area contributed by atoms with Gasteiger partial charge in [-0.2, -0.15) is 0 Å². The van der Waals surface area contributed by atoms with Crippen molar-refractivity contribution in [1.82, 2.24) is 0 Å². The van der Waals surface area contributed by atoms with E-state index in [1.165, 1.54) is 12.1 Å². The van der Waals surface area contributed by atoms with E-state index in [1.54, 1.807) is 12.1 Å². The van der Waals surface area contributed by atoms with Crippen LogP contribution in [0.15, 0.2) is 40.8 Å². The molecule has 2 nitrogen and oxygen atoms in total. The van der Waals surface area contributed by atoms with Crippen LogP contribution in [0.4, 0.5) is 8.78 Å². The van der Waals surface area contributed by atoms with Gasteiger partial charge in [-0.25, -0.2) is 8.78 Å². The first kappa shape index (κ1) is 14.3. The lowest BCUT2D eigenvalue weighted by molar-refractivity contribution is 0.488. The molecular formula is C15H9Cl2F2NO. The number of hydrogen-bond acceptors (Lipinski definition) is 2. The Morgan fingerprint density at radius 1 is 1.05 bits per heavy atom. The molecule has 3 rings (SSSR count). The molecule has 0 fully saturated rings. The van der Waals surface area contributed by atoms with E-state index in [1.807, 2.05) is 0 Å². The molecule has 0 amide bonds. The van der Waals surface area contributed by atoms with Crippen LogP contribution in [-0.2, 0) is 0 Å². The molecule has 2 aromatic carbocycles. The molecule has 1 atom stereocenters. The number of benzene rings is 2. The Balaban J connectivity index is 2.14. The molecule has 0 spiro atoms. The SMILES string of the molecule is NC(c1cc2cc(Cl)cc(Cl)c2o1)c1c(F)cccc1F. The summed E-state index contributed by atoms with van der Waals surface area (Å²) >= 11 is 11.9. The topological polar surface area (TPSA) is 39.2 Å². The predicted molar refractivity (Wildman–Crippen MR) is 78.6 cm³/mol. The molecule has 0 saturated carbocycles. The number of furan rings is 1. The van der Waals surface area contributed by atoms with Gasteiger partial charge in [0, 0.05) is 16.0 Å². The van der Waals surface area contributed by atoms with Crippen molar-refractivity contribution >= 4 is 34.2 Å². The summed E-state index contributed by atoms with van der Waals surface area (Å²) < 4.78 is 33.1. The Labute approximate surface area is 129 Å². The Hall–Kier alpha value is -1.62. The molecule has 1 unspecified atom stereocenters. The van der Waals surface area contributed by atoms with E-state index < -0.39 is 17.7 Å². The highest BCUT2D eigenvalue weighted by Crippen LogP contribution is 2.34. The Kier molecular flexibility index (Phi) is 3.61. The van der Waals surface area contributed by atoms with Crippen LogP contribution in [0.2, 0.25) is 10.0 Å².